The van der Waals surface area contributed by atoms with Gasteiger partial charge < -0.3 is 10.2 Å². The van der Waals surface area contributed by atoms with Crippen LogP contribution in [0.4, 0.5) is 0 Å². The molecule has 1 N–H and O–H groups in total. The molecule has 2 heteroatoms. The Labute approximate surface area is 107 Å². The maximum Gasteiger partial charge on any atom is -0.00136 e. The van der Waals surface area contributed by atoms with Crippen molar-refractivity contribution in [3.8, 4) is 0 Å². The van der Waals surface area contributed by atoms with Gasteiger partial charge >= 0.3 is 0 Å². The molecule has 0 bridgehead atoms. The molecular formula is C15H30N2. The number of likely N-dealkylation sites (tertiary alicyclic amines) is 1. The minimum atomic E-state index is 0.584. The molecule has 2 rings (SSSR count). The summed E-state index contributed by atoms with van der Waals surface area (Å²) < 4.78 is 0. The van der Waals surface area contributed by atoms with Crippen molar-refractivity contribution in [2.75, 3.05) is 32.7 Å². The summed E-state index contributed by atoms with van der Waals surface area (Å²) in [5.41, 5.74) is 0.584. The van der Waals surface area contributed by atoms with E-state index < -0.39 is 0 Å². The fourth-order valence-electron chi connectivity index (χ4n) is 3.24. The SMILES string of the molecule is CC1(C)CCCN(CCC2CCCNC2)CC1. The van der Waals surface area contributed by atoms with Crippen LogP contribution in [0, 0.1) is 11.3 Å². The Morgan fingerprint density at radius 2 is 2.06 bits per heavy atom. The fraction of sp³-hybridized carbons (Fsp3) is 1.00. The first kappa shape index (κ1) is 13.4. The van der Waals surface area contributed by atoms with Crippen LogP contribution in [0.3, 0.4) is 0 Å². The summed E-state index contributed by atoms with van der Waals surface area (Å²) in [4.78, 5) is 2.71. The summed E-state index contributed by atoms with van der Waals surface area (Å²) in [6.07, 6.45) is 8.44. The number of hydrogen-bond acceptors (Lipinski definition) is 2. The van der Waals surface area contributed by atoms with Crippen LogP contribution in [0.15, 0.2) is 0 Å². The largest absolute Gasteiger partial charge is 0.316 e. The van der Waals surface area contributed by atoms with Crippen molar-refractivity contribution in [2.24, 2.45) is 11.3 Å². The zero-order valence-corrected chi connectivity index (χ0v) is 11.8. The molecule has 2 nitrogen and oxygen atoms in total. The van der Waals surface area contributed by atoms with Crippen molar-refractivity contribution >= 4 is 0 Å². The molecule has 0 spiro atoms. The second-order valence-electron chi connectivity index (χ2n) is 6.86. The predicted molar refractivity (Wildman–Crippen MR) is 74.3 cm³/mol. The van der Waals surface area contributed by atoms with E-state index in [9.17, 15) is 0 Å². The molecule has 1 atom stereocenters. The van der Waals surface area contributed by atoms with Crippen molar-refractivity contribution in [1.29, 1.82) is 0 Å². The molecule has 0 radical (unpaired) electrons. The van der Waals surface area contributed by atoms with Gasteiger partial charge in [0.2, 0.25) is 0 Å². The predicted octanol–water partition coefficient (Wildman–Crippen LogP) is 2.89. The Balaban J connectivity index is 1.68. The van der Waals surface area contributed by atoms with Crippen molar-refractivity contribution in [3.63, 3.8) is 0 Å². The molecule has 2 aliphatic rings. The first-order valence-corrected chi connectivity index (χ1v) is 7.59. The third-order valence-corrected chi connectivity index (χ3v) is 4.69. The van der Waals surface area contributed by atoms with E-state index in [1.54, 1.807) is 0 Å². The van der Waals surface area contributed by atoms with Crippen molar-refractivity contribution in [1.82, 2.24) is 10.2 Å². The van der Waals surface area contributed by atoms with Gasteiger partial charge in [0.25, 0.3) is 0 Å². The van der Waals surface area contributed by atoms with Crippen molar-refractivity contribution in [2.45, 2.75) is 52.4 Å². The molecular weight excluding hydrogens is 208 g/mol. The zero-order valence-electron chi connectivity index (χ0n) is 11.8. The highest BCUT2D eigenvalue weighted by Crippen LogP contribution is 2.30. The Morgan fingerprint density at radius 1 is 1.18 bits per heavy atom. The van der Waals surface area contributed by atoms with E-state index in [-0.39, 0.29) is 0 Å². The van der Waals surface area contributed by atoms with E-state index in [0.29, 0.717) is 5.41 Å². The molecule has 17 heavy (non-hydrogen) atoms. The molecule has 0 aromatic rings. The van der Waals surface area contributed by atoms with Crippen LogP contribution in [0.2, 0.25) is 0 Å². The van der Waals surface area contributed by atoms with Gasteiger partial charge in [0.1, 0.15) is 0 Å². The summed E-state index contributed by atoms with van der Waals surface area (Å²) in [6, 6.07) is 0. The lowest BCUT2D eigenvalue weighted by Crippen LogP contribution is -2.33. The van der Waals surface area contributed by atoms with Gasteiger partial charge in [-0.3, -0.25) is 0 Å². The Morgan fingerprint density at radius 3 is 2.82 bits per heavy atom. The van der Waals surface area contributed by atoms with E-state index >= 15 is 0 Å². The zero-order chi connectivity index (χ0) is 12.1. The molecule has 0 saturated carbocycles. The summed E-state index contributed by atoms with van der Waals surface area (Å²) >= 11 is 0. The lowest BCUT2D eigenvalue weighted by atomic mass is 9.85. The number of hydrogen-bond donors (Lipinski definition) is 1. The third-order valence-electron chi connectivity index (χ3n) is 4.69. The molecule has 0 aliphatic carbocycles. The highest BCUT2D eigenvalue weighted by Gasteiger charge is 2.23. The first-order chi connectivity index (χ1) is 8.16. The first-order valence-electron chi connectivity index (χ1n) is 7.59. The average Bonchev–Trinajstić information content (AvgIpc) is 2.49. The lowest BCUT2D eigenvalue weighted by molar-refractivity contribution is 0.233. The van der Waals surface area contributed by atoms with Gasteiger partial charge in [0.05, 0.1) is 0 Å². The van der Waals surface area contributed by atoms with Gasteiger partial charge in [-0.25, -0.2) is 0 Å². The highest BCUT2D eigenvalue weighted by atomic mass is 15.1. The van der Waals surface area contributed by atoms with E-state index in [4.69, 9.17) is 0 Å². The van der Waals surface area contributed by atoms with Crippen LogP contribution in [-0.2, 0) is 0 Å². The monoisotopic (exact) mass is 238 g/mol. The molecule has 2 fully saturated rings. The van der Waals surface area contributed by atoms with Gasteiger partial charge in [-0.05, 0) is 82.6 Å². The molecule has 0 aromatic heterocycles. The summed E-state index contributed by atoms with van der Waals surface area (Å²) in [5, 5.41) is 3.53. The van der Waals surface area contributed by atoms with E-state index in [2.05, 4.69) is 24.1 Å². The Bertz CT molecular complexity index is 219. The van der Waals surface area contributed by atoms with Gasteiger partial charge in [0, 0.05) is 0 Å². The van der Waals surface area contributed by atoms with Crippen LogP contribution in [0.5, 0.6) is 0 Å². The minimum absolute atomic E-state index is 0.584. The van der Waals surface area contributed by atoms with Crippen LogP contribution in [0.25, 0.3) is 0 Å². The molecule has 2 saturated heterocycles. The summed E-state index contributed by atoms with van der Waals surface area (Å²) in [7, 11) is 0. The smallest absolute Gasteiger partial charge is 0.00136 e. The maximum absolute atomic E-state index is 3.53. The fourth-order valence-corrected chi connectivity index (χ4v) is 3.24. The van der Waals surface area contributed by atoms with E-state index in [1.165, 1.54) is 71.2 Å². The van der Waals surface area contributed by atoms with Crippen LogP contribution in [-0.4, -0.2) is 37.6 Å². The van der Waals surface area contributed by atoms with Gasteiger partial charge in [-0.2, -0.15) is 0 Å². The maximum atomic E-state index is 3.53. The number of nitrogens with one attached hydrogen (secondary N) is 1. The third kappa shape index (κ3) is 4.59. The number of rotatable bonds is 3. The normalized spacial score (nSPS) is 31.1. The molecule has 100 valence electrons. The van der Waals surface area contributed by atoms with Crippen LogP contribution >= 0.6 is 0 Å². The minimum Gasteiger partial charge on any atom is -0.316 e. The average molecular weight is 238 g/mol. The van der Waals surface area contributed by atoms with E-state index in [1.807, 2.05) is 0 Å². The molecule has 0 amide bonds. The van der Waals surface area contributed by atoms with Crippen molar-refractivity contribution < 1.29 is 0 Å². The molecule has 2 aliphatic heterocycles. The number of piperidine rings is 1. The quantitative estimate of drug-likeness (QED) is 0.813. The van der Waals surface area contributed by atoms with Gasteiger partial charge in [0.15, 0.2) is 0 Å². The van der Waals surface area contributed by atoms with Gasteiger partial charge in [-0.1, -0.05) is 13.8 Å². The molecule has 0 aromatic carbocycles. The van der Waals surface area contributed by atoms with Crippen LogP contribution in [0.1, 0.15) is 52.4 Å². The second kappa shape index (κ2) is 6.19. The Kier molecular flexibility index (Phi) is 4.87. The van der Waals surface area contributed by atoms with Crippen LogP contribution < -0.4 is 5.32 Å². The van der Waals surface area contributed by atoms with Gasteiger partial charge in [-0.15, -0.1) is 0 Å². The summed E-state index contributed by atoms with van der Waals surface area (Å²) in [5.74, 6) is 0.944. The van der Waals surface area contributed by atoms with E-state index in [0.717, 1.165) is 5.92 Å². The molecule has 1 unspecified atom stereocenters. The molecule has 2 heterocycles. The number of nitrogens with zero attached hydrogens (tertiary/aromatic N) is 1. The lowest BCUT2D eigenvalue weighted by Gasteiger charge is -2.27. The van der Waals surface area contributed by atoms with Crippen molar-refractivity contribution in [3.05, 3.63) is 0 Å². The topological polar surface area (TPSA) is 15.3 Å². The standard InChI is InChI=1S/C15H30N2/c1-15(2)7-4-10-17(12-8-15)11-6-14-5-3-9-16-13-14/h14,16H,3-13H2,1-2H3. The highest BCUT2D eigenvalue weighted by molar-refractivity contribution is 4.77. The Hall–Kier alpha value is -0.0800. The second-order valence-corrected chi connectivity index (χ2v) is 6.86. The summed E-state index contributed by atoms with van der Waals surface area (Å²) in [6.45, 7) is 11.4.